The van der Waals surface area contributed by atoms with Crippen LogP contribution in [0.2, 0.25) is 0 Å². The van der Waals surface area contributed by atoms with E-state index in [1.165, 1.54) is 0 Å². The van der Waals surface area contributed by atoms with Crippen LogP contribution in [0.4, 0.5) is 5.69 Å². The maximum atomic E-state index is 12.2. The van der Waals surface area contributed by atoms with Gasteiger partial charge in [0, 0.05) is 30.3 Å². The summed E-state index contributed by atoms with van der Waals surface area (Å²) in [5, 5.41) is 2.82. The first-order chi connectivity index (χ1) is 10.8. The molecule has 2 aromatic rings. The number of pyridine rings is 1. The monoisotopic (exact) mass is 298 g/mol. The van der Waals surface area contributed by atoms with Crippen molar-refractivity contribution in [1.29, 1.82) is 0 Å². The van der Waals surface area contributed by atoms with Crippen LogP contribution in [0, 0.1) is 0 Å². The molecule has 0 saturated carbocycles. The Bertz CT molecular complexity index is 625. The zero-order valence-electron chi connectivity index (χ0n) is 12.2. The van der Waals surface area contributed by atoms with Crippen molar-refractivity contribution in [3.63, 3.8) is 0 Å². The van der Waals surface area contributed by atoms with Crippen LogP contribution >= 0.6 is 0 Å². The molecule has 1 unspecified atom stereocenters. The fourth-order valence-corrected chi connectivity index (χ4v) is 2.33. The molecule has 5 nitrogen and oxygen atoms in total. The zero-order chi connectivity index (χ0) is 15.2. The summed E-state index contributed by atoms with van der Waals surface area (Å²) in [6.45, 7) is 1.33. The number of nitrogens with one attached hydrogen (secondary N) is 1. The average Bonchev–Trinajstić information content (AvgIpc) is 3.08. The number of ether oxygens (including phenoxy) is 2. The molecule has 1 aromatic heterocycles. The number of hydrogen-bond donors (Lipinski definition) is 1. The van der Waals surface area contributed by atoms with Crippen LogP contribution in [0.1, 0.15) is 23.2 Å². The second kappa shape index (κ2) is 7.04. The van der Waals surface area contributed by atoms with Gasteiger partial charge in [-0.05, 0) is 43.2 Å². The molecule has 1 saturated heterocycles. The van der Waals surface area contributed by atoms with Crippen molar-refractivity contribution in [3.05, 3.63) is 54.4 Å². The van der Waals surface area contributed by atoms with Gasteiger partial charge in [-0.3, -0.25) is 9.78 Å². The van der Waals surface area contributed by atoms with Crippen molar-refractivity contribution >= 4 is 11.6 Å². The second-order valence-corrected chi connectivity index (χ2v) is 5.16. The highest BCUT2D eigenvalue weighted by Crippen LogP contribution is 2.18. The van der Waals surface area contributed by atoms with Crippen molar-refractivity contribution in [3.8, 4) is 5.75 Å². The Morgan fingerprint density at radius 1 is 1.32 bits per heavy atom. The lowest BCUT2D eigenvalue weighted by molar-refractivity contribution is 0.0679. The predicted octanol–water partition coefficient (Wildman–Crippen LogP) is 2.89. The molecule has 1 aliphatic heterocycles. The Morgan fingerprint density at radius 3 is 2.95 bits per heavy atom. The first kappa shape index (κ1) is 14.5. The highest BCUT2D eigenvalue weighted by molar-refractivity contribution is 6.04. The maximum Gasteiger partial charge on any atom is 0.255 e. The molecule has 0 radical (unpaired) electrons. The van der Waals surface area contributed by atoms with E-state index in [1.54, 1.807) is 36.7 Å². The standard InChI is InChI=1S/C17H18N2O3/c20-17(19-14-6-8-18-9-7-14)13-3-1-4-15(11-13)22-12-16-5-2-10-21-16/h1,3-4,6-9,11,16H,2,5,10,12H2,(H,18,19,20). The molecule has 0 bridgehead atoms. The number of carbonyl (C=O) groups excluding carboxylic acids is 1. The van der Waals surface area contributed by atoms with E-state index in [2.05, 4.69) is 10.3 Å². The third-order valence-corrected chi connectivity index (χ3v) is 3.49. The van der Waals surface area contributed by atoms with E-state index in [0.29, 0.717) is 23.6 Å². The van der Waals surface area contributed by atoms with Gasteiger partial charge in [0.1, 0.15) is 12.4 Å². The number of benzene rings is 1. The number of aromatic nitrogens is 1. The Labute approximate surface area is 129 Å². The quantitative estimate of drug-likeness (QED) is 0.922. The van der Waals surface area contributed by atoms with Crippen LogP contribution in [0.15, 0.2) is 48.8 Å². The topological polar surface area (TPSA) is 60.5 Å². The smallest absolute Gasteiger partial charge is 0.255 e. The molecular formula is C17H18N2O3. The SMILES string of the molecule is O=C(Nc1ccncc1)c1cccc(OCC2CCCO2)c1. The van der Waals surface area contributed by atoms with E-state index in [0.717, 1.165) is 19.4 Å². The van der Waals surface area contributed by atoms with Crippen molar-refractivity contribution in [2.24, 2.45) is 0 Å². The largest absolute Gasteiger partial charge is 0.491 e. The highest BCUT2D eigenvalue weighted by atomic mass is 16.5. The second-order valence-electron chi connectivity index (χ2n) is 5.16. The first-order valence-electron chi connectivity index (χ1n) is 7.37. The maximum absolute atomic E-state index is 12.2. The summed E-state index contributed by atoms with van der Waals surface area (Å²) in [7, 11) is 0. The Kier molecular flexibility index (Phi) is 4.65. The predicted molar refractivity (Wildman–Crippen MR) is 83.1 cm³/mol. The van der Waals surface area contributed by atoms with Crippen molar-refractivity contribution in [2.45, 2.75) is 18.9 Å². The van der Waals surface area contributed by atoms with Crippen LogP contribution in [0.5, 0.6) is 5.75 Å². The summed E-state index contributed by atoms with van der Waals surface area (Å²) >= 11 is 0. The van der Waals surface area contributed by atoms with Crippen LogP contribution < -0.4 is 10.1 Å². The fourth-order valence-electron chi connectivity index (χ4n) is 2.33. The van der Waals surface area contributed by atoms with Crippen LogP contribution in [0.3, 0.4) is 0 Å². The minimum Gasteiger partial charge on any atom is -0.491 e. The third kappa shape index (κ3) is 3.83. The molecule has 1 aliphatic rings. The van der Waals surface area contributed by atoms with Crippen molar-refractivity contribution in [2.75, 3.05) is 18.5 Å². The number of hydrogen-bond acceptors (Lipinski definition) is 4. The summed E-state index contributed by atoms with van der Waals surface area (Å²) in [4.78, 5) is 16.1. The molecule has 1 amide bonds. The molecule has 5 heteroatoms. The Hall–Kier alpha value is -2.40. The van der Waals surface area contributed by atoms with Crippen LogP contribution in [0.25, 0.3) is 0 Å². The number of anilines is 1. The van der Waals surface area contributed by atoms with E-state index in [1.807, 2.05) is 12.1 Å². The molecule has 1 N–H and O–H groups in total. The average molecular weight is 298 g/mol. The van der Waals surface area contributed by atoms with E-state index >= 15 is 0 Å². The fraction of sp³-hybridized carbons (Fsp3) is 0.294. The van der Waals surface area contributed by atoms with E-state index in [-0.39, 0.29) is 12.0 Å². The molecule has 114 valence electrons. The summed E-state index contributed by atoms with van der Waals surface area (Å²) in [5.41, 5.74) is 1.27. The lowest BCUT2D eigenvalue weighted by Gasteiger charge is -2.12. The number of nitrogens with zero attached hydrogens (tertiary/aromatic N) is 1. The molecule has 1 atom stereocenters. The van der Waals surface area contributed by atoms with Crippen molar-refractivity contribution in [1.82, 2.24) is 4.98 Å². The summed E-state index contributed by atoms with van der Waals surface area (Å²) in [6, 6.07) is 10.6. The Morgan fingerprint density at radius 2 is 2.18 bits per heavy atom. The summed E-state index contributed by atoms with van der Waals surface area (Å²) < 4.78 is 11.2. The number of amides is 1. The van der Waals surface area contributed by atoms with Gasteiger partial charge in [0.05, 0.1) is 6.10 Å². The molecule has 1 aromatic carbocycles. The first-order valence-corrected chi connectivity index (χ1v) is 7.37. The van der Waals surface area contributed by atoms with Gasteiger partial charge in [0.25, 0.3) is 5.91 Å². The van der Waals surface area contributed by atoms with E-state index < -0.39 is 0 Å². The van der Waals surface area contributed by atoms with Gasteiger partial charge >= 0.3 is 0 Å². The zero-order valence-corrected chi connectivity index (χ0v) is 12.2. The van der Waals surface area contributed by atoms with Crippen LogP contribution in [-0.4, -0.2) is 30.2 Å². The minimum absolute atomic E-state index is 0.161. The number of carbonyl (C=O) groups is 1. The summed E-state index contributed by atoms with van der Waals surface area (Å²) in [6.07, 6.45) is 5.55. The Balaban J connectivity index is 1.61. The molecule has 2 heterocycles. The van der Waals surface area contributed by atoms with E-state index in [9.17, 15) is 4.79 Å². The lowest BCUT2D eigenvalue weighted by Crippen LogP contribution is -2.17. The van der Waals surface area contributed by atoms with Gasteiger partial charge in [0.2, 0.25) is 0 Å². The minimum atomic E-state index is -0.172. The third-order valence-electron chi connectivity index (χ3n) is 3.49. The summed E-state index contributed by atoms with van der Waals surface area (Å²) in [5.74, 6) is 0.506. The van der Waals surface area contributed by atoms with Gasteiger partial charge in [-0.25, -0.2) is 0 Å². The van der Waals surface area contributed by atoms with Gasteiger partial charge < -0.3 is 14.8 Å². The van der Waals surface area contributed by atoms with Crippen LogP contribution in [-0.2, 0) is 4.74 Å². The lowest BCUT2D eigenvalue weighted by atomic mass is 10.2. The van der Waals surface area contributed by atoms with Crippen molar-refractivity contribution < 1.29 is 14.3 Å². The van der Waals surface area contributed by atoms with Gasteiger partial charge in [-0.15, -0.1) is 0 Å². The molecule has 22 heavy (non-hydrogen) atoms. The molecule has 0 spiro atoms. The van der Waals surface area contributed by atoms with Gasteiger partial charge in [-0.2, -0.15) is 0 Å². The normalized spacial score (nSPS) is 17.2. The molecule has 1 fully saturated rings. The number of rotatable bonds is 5. The molecule has 0 aliphatic carbocycles. The van der Waals surface area contributed by atoms with E-state index in [4.69, 9.17) is 9.47 Å². The molecule has 3 rings (SSSR count). The molecular weight excluding hydrogens is 280 g/mol. The highest BCUT2D eigenvalue weighted by Gasteiger charge is 2.16. The van der Waals surface area contributed by atoms with Gasteiger partial charge in [-0.1, -0.05) is 6.07 Å². The van der Waals surface area contributed by atoms with Gasteiger partial charge in [0.15, 0.2) is 0 Å².